The van der Waals surface area contributed by atoms with Crippen LogP contribution in [0.15, 0.2) is 54.6 Å². The zero-order valence-electron chi connectivity index (χ0n) is 11.3. The van der Waals surface area contributed by atoms with E-state index in [0.717, 1.165) is 19.7 Å². The summed E-state index contributed by atoms with van der Waals surface area (Å²) < 4.78 is 5.92. The van der Waals surface area contributed by atoms with E-state index in [-0.39, 0.29) is 6.10 Å². The monoisotopic (exact) mass is 263 g/mol. The van der Waals surface area contributed by atoms with Crippen LogP contribution in [-0.4, -0.2) is 19.7 Å². The zero-order chi connectivity index (χ0) is 13.4. The maximum atomic E-state index is 5.92. The number of morpholine rings is 1. The fraction of sp³-hybridized carbons (Fsp3) is 0.222. The Hall–Kier alpha value is -1.90. The Morgan fingerprint density at radius 2 is 1.70 bits per heavy atom. The van der Waals surface area contributed by atoms with Crippen molar-refractivity contribution in [2.24, 2.45) is 0 Å². The third-order valence-electron chi connectivity index (χ3n) is 4.05. The Labute approximate surface area is 118 Å². The summed E-state index contributed by atoms with van der Waals surface area (Å²) in [5, 5.41) is 8.58. The summed E-state index contributed by atoms with van der Waals surface area (Å²) in [4.78, 5) is 0. The predicted molar refractivity (Wildman–Crippen MR) is 83.0 cm³/mol. The van der Waals surface area contributed by atoms with Gasteiger partial charge in [-0.05, 0) is 39.2 Å². The highest BCUT2D eigenvalue weighted by molar-refractivity contribution is 5.99. The van der Waals surface area contributed by atoms with Gasteiger partial charge >= 0.3 is 0 Å². The molecule has 0 aromatic heterocycles. The Morgan fingerprint density at radius 1 is 0.900 bits per heavy atom. The van der Waals surface area contributed by atoms with Gasteiger partial charge in [0.05, 0.1) is 12.7 Å². The lowest BCUT2D eigenvalue weighted by Gasteiger charge is -2.25. The van der Waals surface area contributed by atoms with Crippen LogP contribution in [0.5, 0.6) is 0 Å². The molecule has 3 aromatic carbocycles. The van der Waals surface area contributed by atoms with E-state index in [1.165, 1.54) is 27.1 Å². The molecule has 1 unspecified atom stereocenters. The van der Waals surface area contributed by atoms with Crippen LogP contribution in [0.4, 0.5) is 0 Å². The van der Waals surface area contributed by atoms with E-state index in [4.69, 9.17) is 4.74 Å². The molecule has 0 spiro atoms. The summed E-state index contributed by atoms with van der Waals surface area (Å²) >= 11 is 0. The lowest BCUT2D eigenvalue weighted by molar-refractivity contribution is 0.0286. The average molecular weight is 263 g/mol. The van der Waals surface area contributed by atoms with E-state index in [1.54, 1.807) is 0 Å². The first-order valence-corrected chi connectivity index (χ1v) is 7.15. The quantitative estimate of drug-likeness (QED) is 0.677. The van der Waals surface area contributed by atoms with Crippen molar-refractivity contribution < 1.29 is 4.74 Å². The molecule has 1 aliphatic heterocycles. The van der Waals surface area contributed by atoms with Crippen LogP contribution in [0.25, 0.3) is 21.5 Å². The number of hydrogen-bond donors (Lipinski definition) is 1. The maximum absolute atomic E-state index is 5.92. The van der Waals surface area contributed by atoms with Crippen LogP contribution in [0.1, 0.15) is 11.7 Å². The number of hydrogen-bond acceptors (Lipinski definition) is 2. The molecule has 0 amide bonds. The number of benzene rings is 3. The van der Waals surface area contributed by atoms with Crippen molar-refractivity contribution in [3.8, 4) is 0 Å². The molecule has 1 heterocycles. The fourth-order valence-electron chi connectivity index (χ4n) is 3.04. The average Bonchev–Trinajstić information content (AvgIpc) is 2.53. The minimum Gasteiger partial charge on any atom is -0.371 e. The first-order valence-electron chi connectivity index (χ1n) is 7.15. The van der Waals surface area contributed by atoms with Crippen molar-refractivity contribution in [2.45, 2.75) is 6.10 Å². The van der Waals surface area contributed by atoms with Gasteiger partial charge in [-0.2, -0.15) is 0 Å². The van der Waals surface area contributed by atoms with E-state index < -0.39 is 0 Å². The van der Waals surface area contributed by atoms with Gasteiger partial charge in [0.15, 0.2) is 0 Å². The van der Waals surface area contributed by atoms with E-state index in [9.17, 15) is 0 Å². The largest absolute Gasteiger partial charge is 0.371 e. The van der Waals surface area contributed by atoms with Crippen molar-refractivity contribution in [1.82, 2.24) is 5.32 Å². The normalized spacial score (nSPS) is 19.5. The second-order valence-electron chi connectivity index (χ2n) is 5.33. The minimum absolute atomic E-state index is 0.161. The van der Waals surface area contributed by atoms with Crippen molar-refractivity contribution in [3.63, 3.8) is 0 Å². The summed E-state index contributed by atoms with van der Waals surface area (Å²) in [5.41, 5.74) is 1.29. The standard InChI is InChI=1S/C18H17NO/c1-2-5-14-11-17-15(10-13(14)4-1)6-3-7-16(17)18-12-19-8-9-20-18/h1-7,10-11,18-19H,8-9,12H2. The molecule has 3 aromatic rings. The number of fused-ring (bicyclic) bond motifs is 2. The second-order valence-corrected chi connectivity index (χ2v) is 5.33. The molecule has 0 radical (unpaired) electrons. The Balaban J connectivity index is 1.94. The van der Waals surface area contributed by atoms with Gasteiger partial charge in [-0.1, -0.05) is 42.5 Å². The molecule has 1 fully saturated rings. The van der Waals surface area contributed by atoms with E-state index >= 15 is 0 Å². The van der Waals surface area contributed by atoms with Crippen LogP contribution < -0.4 is 5.32 Å². The van der Waals surface area contributed by atoms with Gasteiger partial charge in [0.1, 0.15) is 0 Å². The fourth-order valence-corrected chi connectivity index (χ4v) is 3.04. The van der Waals surface area contributed by atoms with Crippen molar-refractivity contribution in [1.29, 1.82) is 0 Å². The Morgan fingerprint density at radius 3 is 2.50 bits per heavy atom. The summed E-state index contributed by atoms with van der Waals surface area (Å²) in [7, 11) is 0. The summed E-state index contributed by atoms with van der Waals surface area (Å²) in [5.74, 6) is 0. The molecule has 1 saturated heterocycles. The molecule has 2 heteroatoms. The van der Waals surface area contributed by atoms with Crippen LogP contribution >= 0.6 is 0 Å². The van der Waals surface area contributed by atoms with Crippen LogP contribution in [0.3, 0.4) is 0 Å². The molecule has 1 N–H and O–H groups in total. The SMILES string of the molecule is c1ccc2cc3c(C4CNCCO4)cccc3cc2c1. The van der Waals surface area contributed by atoms with E-state index in [2.05, 4.69) is 59.9 Å². The molecule has 2 nitrogen and oxygen atoms in total. The third kappa shape index (κ3) is 1.98. The first-order chi connectivity index (χ1) is 9.92. The van der Waals surface area contributed by atoms with Gasteiger partial charge in [-0.25, -0.2) is 0 Å². The molecule has 0 aliphatic carbocycles. The third-order valence-corrected chi connectivity index (χ3v) is 4.05. The summed E-state index contributed by atoms with van der Waals surface area (Å²) in [6.07, 6.45) is 0.161. The van der Waals surface area contributed by atoms with Gasteiger partial charge in [-0.15, -0.1) is 0 Å². The Bertz CT molecular complexity index is 760. The summed E-state index contributed by atoms with van der Waals surface area (Å²) in [6, 6.07) is 19.6. The van der Waals surface area contributed by atoms with Gasteiger partial charge in [0.25, 0.3) is 0 Å². The molecule has 1 aliphatic rings. The molecule has 20 heavy (non-hydrogen) atoms. The molecule has 1 atom stereocenters. The minimum atomic E-state index is 0.161. The number of rotatable bonds is 1. The Kier molecular flexibility index (Phi) is 2.91. The highest BCUT2D eigenvalue weighted by atomic mass is 16.5. The zero-order valence-corrected chi connectivity index (χ0v) is 11.3. The first kappa shape index (κ1) is 11.9. The smallest absolute Gasteiger partial charge is 0.0955 e. The topological polar surface area (TPSA) is 21.3 Å². The highest BCUT2D eigenvalue weighted by Crippen LogP contribution is 2.30. The maximum Gasteiger partial charge on any atom is 0.0955 e. The molecular weight excluding hydrogens is 246 g/mol. The van der Waals surface area contributed by atoms with Gasteiger partial charge in [0, 0.05) is 13.1 Å². The molecule has 4 rings (SSSR count). The lowest BCUT2D eigenvalue weighted by Crippen LogP contribution is -2.33. The second kappa shape index (κ2) is 4.89. The number of ether oxygens (including phenoxy) is 1. The summed E-state index contributed by atoms with van der Waals surface area (Å²) in [6.45, 7) is 2.63. The lowest BCUT2D eigenvalue weighted by atomic mass is 9.96. The number of nitrogens with one attached hydrogen (secondary N) is 1. The molecule has 100 valence electrons. The van der Waals surface area contributed by atoms with Gasteiger partial charge in [-0.3, -0.25) is 0 Å². The van der Waals surface area contributed by atoms with Crippen molar-refractivity contribution in [2.75, 3.05) is 19.7 Å². The predicted octanol–water partition coefficient (Wildman–Crippen LogP) is 3.65. The molecule has 0 bridgehead atoms. The van der Waals surface area contributed by atoms with Crippen molar-refractivity contribution >= 4 is 21.5 Å². The van der Waals surface area contributed by atoms with Crippen LogP contribution in [0.2, 0.25) is 0 Å². The van der Waals surface area contributed by atoms with Crippen molar-refractivity contribution in [3.05, 3.63) is 60.2 Å². The van der Waals surface area contributed by atoms with E-state index in [1.807, 2.05) is 0 Å². The highest BCUT2D eigenvalue weighted by Gasteiger charge is 2.17. The van der Waals surface area contributed by atoms with Crippen LogP contribution in [-0.2, 0) is 4.74 Å². The van der Waals surface area contributed by atoms with Gasteiger partial charge < -0.3 is 10.1 Å². The van der Waals surface area contributed by atoms with Gasteiger partial charge in [0.2, 0.25) is 0 Å². The molecular formula is C18H17NO. The molecule has 0 saturated carbocycles. The van der Waals surface area contributed by atoms with Crippen LogP contribution in [0, 0.1) is 0 Å². The van der Waals surface area contributed by atoms with E-state index in [0.29, 0.717) is 0 Å².